The molecular formula is C12H21N5. The van der Waals surface area contributed by atoms with Gasteiger partial charge in [0.05, 0.1) is 6.33 Å². The standard InChI is InChI=1S/C12H21N5/c1-3-6-15-12(14-4-2)16-7-5-9-17-10-8-13-11-17/h3,8,10-11H,1,4-7,9H2,2H3,(H2,14,15,16). The van der Waals surface area contributed by atoms with Crippen LogP contribution >= 0.6 is 0 Å². The number of nitrogens with zero attached hydrogens (tertiary/aromatic N) is 3. The molecule has 17 heavy (non-hydrogen) atoms. The van der Waals surface area contributed by atoms with Crippen molar-refractivity contribution in [1.29, 1.82) is 0 Å². The highest BCUT2D eigenvalue weighted by molar-refractivity contribution is 5.79. The molecular weight excluding hydrogens is 214 g/mol. The Morgan fingerprint density at radius 3 is 3.06 bits per heavy atom. The van der Waals surface area contributed by atoms with Crippen LogP contribution in [0.3, 0.4) is 0 Å². The highest BCUT2D eigenvalue weighted by atomic mass is 15.2. The molecule has 1 heterocycles. The number of hydrogen-bond acceptors (Lipinski definition) is 2. The Kier molecular flexibility index (Phi) is 6.55. The number of imidazole rings is 1. The summed E-state index contributed by atoms with van der Waals surface area (Å²) in [6.45, 7) is 9.06. The maximum Gasteiger partial charge on any atom is 0.191 e. The predicted octanol–water partition coefficient (Wildman–Crippen LogP) is 1.01. The Morgan fingerprint density at radius 1 is 1.53 bits per heavy atom. The van der Waals surface area contributed by atoms with Crippen molar-refractivity contribution in [2.24, 2.45) is 4.99 Å². The largest absolute Gasteiger partial charge is 0.357 e. The van der Waals surface area contributed by atoms with E-state index in [1.807, 2.05) is 18.6 Å². The van der Waals surface area contributed by atoms with Crippen molar-refractivity contribution < 1.29 is 0 Å². The van der Waals surface area contributed by atoms with E-state index in [1.165, 1.54) is 0 Å². The summed E-state index contributed by atoms with van der Waals surface area (Å²) >= 11 is 0. The van der Waals surface area contributed by atoms with E-state index in [9.17, 15) is 0 Å². The van der Waals surface area contributed by atoms with Gasteiger partial charge in [-0.15, -0.1) is 6.58 Å². The smallest absolute Gasteiger partial charge is 0.191 e. The van der Waals surface area contributed by atoms with Gasteiger partial charge in [0.1, 0.15) is 0 Å². The molecule has 0 aliphatic heterocycles. The van der Waals surface area contributed by atoms with Crippen LogP contribution in [0.25, 0.3) is 0 Å². The van der Waals surface area contributed by atoms with Crippen molar-refractivity contribution in [3.05, 3.63) is 31.4 Å². The molecule has 0 aliphatic carbocycles. The second-order valence-electron chi connectivity index (χ2n) is 3.58. The Bertz CT molecular complexity index is 329. The molecule has 5 nitrogen and oxygen atoms in total. The lowest BCUT2D eigenvalue weighted by atomic mass is 10.4. The van der Waals surface area contributed by atoms with Gasteiger partial charge in [0.2, 0.25) is 0 Å². The van der Waals surface area contributed by atoms with Crippen LogP contribution in [0.4, 0.5) is 0 Å². The molecule has 0 saturated carbocycles. The third-order valence-corrected chi connectivity index (χ3v) is 2.16. The molecule has 1 aromatic heterocycles. The van der Waals surface area contributed by atoms with Crippen LogP contribution in [0.1, 0.15) is 13.3 Å². The van der Waals surface area contributed by atoms with E-state index in [0.717, 1.165) is 38.6 Å². The number of guanidine groups is 1. The second kappa shape index (κ2) is 8.38. The van der Waals surface area contributed by atoms with Gasteiger partial charge in [-0.1, -0.05) is 6.08 Å². The van der Waals surface area contributed by atoms with Gasteiger partial charge in [-0.25, -0.2) is 4.98 Å². The van der Waals surface area contributed by atoms with Crippen LogP contribution in [-0.4, -0.2) is 35.1 Å². The highest BCUT2D eigenvalue weighted by Crippen LogP contribution is 1.90. The van der Waals surface area contributed by atoms with Crippen LogP contribution in [0.2, 0.25) is 0 Å². The van der Waals surface area contributed by atoms with E-state index in [-0.39, 0.29) is 0 Å². The summed E-state index contributed by atoms with van der Waals surface area (Å²) in [4.78, 5) is 8.46. The quantitative estimate of drug-likeness (QED) is 0.321. The summed E-state index contributed by atoms with van der Waals surface area (Å²) in [7, 11) is 0. The second-order valence-corrected chi connectivity index (χ2v) is 3.58. The van der Waals surface area contributed by atoms with Crippen LogP contribution in [-0.2, 0) is 6.54 Å². The molecule has 94 valence electrons. The molecule has 0 amide bonds. The highest BCUT2D eigenvalue weighted by Gasteiger charge is 1.94. The van der Waals surface area contributed by atoms with Gasteiger partial charge in [-0.05, 0) is 13.3 Å². The van der Waals surface area contributed by atoms with Crippen LogP contribution in [0.15, 0.2) is 36.4 Å². The normalized spacial score (nSPS) is 11.2. The summed E-state index contributed by atoms with van der Waals surface area (Å²) in [6, 6.07) is 0. The molecule has 2 N–H and O–H groups in total. The van der Waals surface area contributed by atoms with Gasteiger partial charge in [0.25, 0.3) is 0 Å². The SMILES string of the molecule is C=CCNC(=NCCCn1ccnc1)NCC. The number of aryl methyl sites for hydroxylation is 1. The fourth-order valence-electron chi connectivity index (χ4n) is 1.37. The molecule has 0 aromatic carbocycles. The lowest BCUT2D eigenvalue weighted by Gasteiger charge is -2.09. The number of aliphatic imine (C=N–C) groups is 1. The first-order valence-electron chi connectivity index (χ1n) is 5.95. The lowest BCUT2D eigenvalue weighted by molar-refractivity contribution is 0.647. The summed E-state index contributed by atoms with van der Waals surface area (Å²) in [6.07, 6.45) is 8.40. The van der Waals surface area contributed by atoms with E-state index in [1.54, 1.807) is 6.20 Å². The molecule has 0 saturated heterocycles. The van der Waals surface area contributed by atoms with E-state index < -0.39 is 0 Å². The Hall–Kier alpha value is -1.78. The monoisotopic (exact) mass is 235 g/mol. The zero-order valence-corrected chi connectivity index (χ0v) is 10.4. The van der Waals surface area contributed by atoms with E-state index >= 15 is 0 Å². The van der Waals surface area contributed by atoms with Gasteiger partial charge < -0.3 is 15.2 Å². The third kappa shape index (κ3) is 5.75. The van der Waals surface area contributed by atoms with Crippen molar-refractivity contribution in [2.75, 3.05) is 19.6 Å². The maximum absolute atomic E-state index is 4.46. The molecule has 0 aliphatic rings. The molecule has 0 atom stereocenters. The fourth-order valence-corrected chi connectivity index (χ4v) is 1.37. The summed E-state index contributed by atoms with van der Waals surface area (Å²) in [5.74, 6) is 0.845. The molecule has 0 fully saturated rings. The van der Waals surface area contributed by atoms with Crippen molar-refractivity contribution in [1.82, 2.24) is 20.2 Å². The predicted molar refractivity (Wildman–Crippen MR) is 71.0 cm³/mol. The average Bonchev–Trinajstić information content (AvgIpc) is 2.84. The van der Waals surface area contributed by atoms with Crippen LogP contribution in [0, 0.1) is 0 Å². The van der Waals surface area contributed by atoms with Gasteiger partial charge >= 0.3 is 0 Å². The van der Waals surface area contributed by atoms with E-state index in [0.29, 0.717) is 0 Å². The molecule has 0 unspecified atom stereocenters. The molecule has 0 bridgehead atoms. The zero-order valence-electron chi connectivity index (χ0n) is 10.4. The first kappa shape index (κ1) is 13.3. The average molecular weight is 235 g/mol. The minimum absolute atomic E-state index is 0.730. The molecule has 1 aromatic rings. The summed E-state index contributed by atoms with van der Waals surface area (Å²) in [5.41, 5.74) is 0. The minimum atomic E-state index is 0.730. The molecule has 0 spiro atoms. The molecule has 0 radical (unpaired) electrons. The topological polar surface area (TPSA) is 54.2 Å². The number of hydrogen-bond donors (Lipinski definition) is 2. The number of aromatic nitrogens is 2. The number of nitrogens with one attached hydrogen (secondary N) is 2. The van der Waals surface area contributed by atoms with E-state index in [4.69, 9.17) is 0 Å². The van der Waals surface area contributed by atoms with Crippen molar-refractivity contribution in [3.8, 4) is 0 Å². The van der Waals surface area contributed by atoms with Crippen LogP contribution < -0.4 is 10.6 Å². The van der Waals surface area contributed by atoms with Crippen LogP contribution in [0.5, 0.6) is 0 Å². The Balaban J connectivity index is 2.25. The Labute approximate surface area is 103 Å². The Morgan fingerprint density at radius 2 is 2.41 bits per heavy atom. The fraction of sp³-hybridized carbons (Fsp3) is 0.500. The summed E-state index contributed by atoms with van der Waals surface area (Å²) in [5, 5.41) is 6.35. The van der Waals surface area contributed by atoms with Crippen molar-refractivity contribution in [2.45, 2.75) is 19.9 Å². The third-order valence-electron chi connectivity index (χ3n) is 2.16. The zero-order chi connectivity index (χ0) is 12.3. The van der Waals surface area contributed by atoms with Gasteiger partial charge in [0.15, 0.2) is 5.96 Å². The van der Waals surface area contributed by atoms with Gasteiger partial charge in [0, 0.05) is 38.6 Å². The molecule has 5 heteroatoms. The maximum atomic E-state index is 4.46. The minimum Gasteiger partial charge on any atom is -0.357 e. The lowest BCUT2D eigenvalue weighted by Crippen LogP contribution is -2.37. The summed E-state index contributed by atoms with van der Waals surface area (Å²) < 4.78 is 2.06. The first-order chi connectivity index (χ1) is 8.36. The van der Waals surface area contributed by atoms with Crippen molar-refractivity contribution in [3.63, 3.8) is 0 Å². The first-order valence-corrected chi connectivity index (χ1v) is 5.95. The van der Waals surface area contributed by atoms with E-state index in [2.05, 4.69) is 38.7 Å². The molecule has 1 rings (SSSR count). The number of rotatable bonds is 7. The van der Waals surface area contributed by atoms with Crippen molar-refractivity contribution >= 4 is 5.96 Å². The van der Waals surface area contributed by atoms with Gasteiger partial charge in [-0.3, -0.25) is 4.99 Å². The van der Waals surface area contributed by atoms with Gasteiger partial charge in [-0.2, -0.15) is 0 Å².